The second-order valence-corrected chi connectivity index (χ2v) is 4.97. The van der Waals surface area contributed by atoms with Crippen LogP contribution in [-0.2, 0) is 4.79 Å². The van der Waals surface area contributed by atoms with Crippen LogP contribution in [0.3, 0.4) is 0 Å². The zero-order chi connectivity index (χ0) is 16.6. The van der Waals surface area contributed by atoms with Crippen LogP contribution in [0, 0.1) is 11.6 Å². The number of hydrogen-bond acceptors (Lipinski definition) is 3. The Balaban J connectivity index is 1.90. The van der Waals surface area contributed by atoms with Crippen molar-refractivity contribution >= 4 is 17.1 Å². The minimum absolute atomic E-state index is 0.293. The number of fused-ring (bicyclic) bond motifs is 1. The molecule has 0 saturated carbocycles. The molecule has 0 fully saturated rings. The summed E-state index contributed by atoms with van der Waals surface area (Å²) in [5.41, 5.74) is -0.393. The molecule has 0 radical (unpaired) electrons. The second-order valence-electron chi connectivity index (χ2n) is 4.97. The molecule has 0 saturated heterocycles. The summed E-state index contributed by atoms with van der Waals surface area (Å²) in [6, 6.07) is 5.00. The van der Waals surface area contributed by atoms with Crippen molar-refractivity contribution < 1.29 is 13.6 Å². The summed E-state index contributed by atoms with van der Waals surface area (Å²) in [5, 5.41) is 6.18. The fourth-order valence-electron chi connectivity index (χ4n) is 2.17. The Morgan fingerprint density at radius 3 is 2.87 bits per heavy atom. The number of amides is 1. The third-order valence-corrected chi connectivity index (χ3v) is 3.44. The van der Waals surface area contributed by atoms with Gasteiger partial charge in [-0.15, -0.1) is 0 Å². The molecule has 1 aromatic carbocycles. The van der Waals surface area contributed by atoms with Crippen molar-refractivity contribution in [3.63, 3.8) is 0 Å². The zero-order valence-corrected chi connectivity index (χ0v) is 12.0. The molecule has 6 nitrogen and oxygen atoms in total. The molecule has 0 aliphatic rings. The van der Waals surface area contributed by atoms with E-state index in [0.717, 1.165) is 22.9 Å². The van der Waals surface area contributed by atoms with E-state index in [2.05, 4.69) is 10.4 Å². The fraction of sp³-hybridized carbons (Fsp3) is 0.133. The third kappa shape index (κ3) is 2.70. The molecule has 1 atom stereocenters. The van der Waals surface area contributed by atoms with Crippen LogP contribution >= 0.6 is 0 Å². The first kappa shape index (κ1) is 14.9. The lowest BCUT2D eigenvalue weighted by molar-refractivity contribution is -0.119. The summed E-state index contributed by atoms with van der Waals surface area (Å²) in [6.45, 7) is 1.44. The summed E-state index contributed by atoms with van der Waals surface area (Å²) in [6.07, 6.45) is 3.05. The van der Waals surface area contributed by atoms with Crippen molar-refractivity contribution in [1.29, 1.82) is 0 Å². The SMILES string of the molecule is CC(C(=O)Nc1cc(F)ccc1F)n1ncn2cccc2c1=O. The highest BCUT2D eigenvalue weighted by molar-refractivity contribution is 5.93. The molecule has 0 aliphatic heterocycles. The van der Waals surface area contributed by atoms with Gasteiger partial charge in [-0.3, -0.25) is 9.59 Å². The predicted molar refractivity (Wildman–Crippen MR) is 79.2 cm³/mol. The molecule has 1 amide bonds. The van der Waals surface area contributed by atoms with Crippen LogP contribution < -0.4 is 10.9 Å². The van der Waals surface area contributed by atoms with Crippen LogP contribution in [0.1, 0.15) is 13.0 Å². The Kier molecular flexibility index (Phi) is 3.65. The Hall–Kier alpha value is -3.03. The van der Waals surface area contributed by atoms with Gasteiger partial charge in [-0.05, 0) is 31.2 Å². The summed E-state index contributed by atoms with van der Waals surface area (Å²) in [7, 11) is 0. The number of carbonyl (C=O) groups excluding carboxylic acids is 1. The number of nitrogens with one attached hydrogen (secondary N) is 1. The first-order chi connectivity index (χ1) is 11.0. The molecular formula is C15H12F2N4O2. The van der Waals surface area contributed by atoms with E-state index >= 15 is 0 Å². The Labute approximate surface area is 129 Å². The zero-order valence-electron chi connectivity index (χ0n) is 12.0. The van der Waals surface area contributed by atoms with Gasteiger partial charge in [0.2, 0.25) is 5.91 Å². The summed E-state index contributed by atoms with van der Waals surface area (Å²) >= 11 is 0. The van der Waals surface area contributed by atoms with Gasteiger partial charge in [0, 0.05) is 12.3 Å². The number of rotatable bonds is 3. The van der Waals surface area contributed by atoms with Gasteiger partial charge in [0.25, 0.3) is 5.56 Å². The van der Waals surface area contributed by atoms with Gasteiger partial charge in [-0.1, -0.05) is 0 Å². The maximum Gasteiger partial charge on any atom is 0.291 e. The van der Waals surface area contributed by atoms with E-state index in [-0.39, 0.29) is 5.69 Å². The molecule has 3 rings (SSSR count). The number of anilines is 1. The molecule has 0 spiro atoms. The quantitative estimate of drug-likeness (QED) is 0.803. The molecule has 8 heteroatoms. The van der Waals surface area contributed by atoms with Crippen LogP contribution in [0.25, 0.3) is 5.52 Å². The van der Waals surface area contributed by atoms with Crippen LogP contribution in [0.15, 0.2) is 47.7 Å². The molecule has 1 N–H and O–H groups in total. The van der Waals surface area contributed by atoms with Crippen molar-refractivity contribution in [2.24, 2.45) is 0 Å². The molecule has 118 valence electrons. The lowest BCUT2D eigenvalue weighted by Crippen LogP contribution is -2.34. The normalized spacial score (nSPS) is 12.3. The van der Waals surface area contributed by atoms with E-state index in [9.17, 15) is 18.4 Å². The van der Waals surface area contributed by atoms with Crippen LogP contribution in [0.2, 0.25) is 0 Å². The Bertz CT molecular complexity index is 948. The lowest BCUT2D eigenvalue weighted by Gasteiger charge is -2.14. The van der Waals surface area contributed by atoms with Gasteiger partial charge in [0.05, 0.1) is 5.69 Å². The van der Waals surface area contributed by atoms with E-state index in [1.54, 1.807) is 18.3 Å². The minimum atomic E-state index is -0.995. The van der Waals surface area contributed by atoms with Crippen molar-refractivity contribution in [2.75, 3.05) is 5.32 Å². The summed E-state index contributed by atoms with van der Waals surface area (Å²) in [5.74, 6) is -2.13. The smallest absolute Gasteiger partial charge is 0.291 e. The maximum atomic E-state index is 13.6. The van der Waals surface area contributed by atoms with E-state index in [1.807, 2.05) is 0 Å². The summed E-state index contributed by atoms with van der Waals surface area (Å²) in [4.78, 5) is 24.5. The number of carbonyl (C=O) groups is 1. The molecule has 0 bridgehead atoms. The summed E-state index contributed by atoms with van der Waals surface area (Å²) < 4.78 is 29.2. The van der Waals surface area contributed by atoms with Gasteiger partial charge in [-0.25, -0.2) is 13.5 Å². The Morgan fingerprint density at radius 2 is 2.09 bits per heavy atom. The molecule has 0 aliphatic carbocycles. The highest BCUT2D eigenvalue weighted by atomic mass is 19.1. The van der Waals surface area contributed by atoms with Crippen molar-refractivity contribution in [3.05, 3.63) is 64.8 Å². The van der Waals surface area contributed by atoms with Gasteiger partial charge >= 0.3 is 0 Å². The fourth-order valence-corrected chi connectivity index (χ4v) is 2.17. The lowest BCUT2D eigenvalue weighted by atomic mass is 10.2. The van der Waals surface area contributed by atoms with Crippen molar-refractivity contribution in [2.45, 2.75) is 13.0 Å². The van der Waals surface area contributed by atoms with Crippen LogP contribution in [0.4, 0.5) is 14.5 Å². The number of nitrogens with zero attached hydrogens (tertiary/aromatic N) is 3. The number of halogens is 2. The third-order valence-electron chi connectivity index (χ3n) is 3.44. The maximum absolute atomic E-state index is 13.6. The largest absolute Gasteiger partial charge is 0.322 e. The van der Waals surface area contributed by atoms with Gasteiger partial charge in [0.1, 0.15) is 29.5 Å². The van der Waals surface area contributed by atoms with Crippen LogP contribution in [-0.4, -0.2) is 20.1 Å². The number of hydrogen-bond donors (Lipinski definition) is 1. The topological polar surface area (TPSA) is 68.4 Å². The Morgan fingerprint density at radius 1 is 1.30 bits per heavy atom. The molecular weight excluding hydrogens is 306 g/mol. The van der Waals surface area contributed by atoms with Gasteiger partial charge < -0.3 is 9.72 Å². The van der Waals surface area contributed by atoms with E-state index in [1.165, 1.54) is 17.7 Å². The number of benzene rings is 1. The number of aromatic nitrogens is 3. The molecule has 2 heterocycles. The highest BCUT2D eigenvalue weighted by Gasteiger charge is 2.20. The first-order valence-corrected chi connectivity index (χ1v) is 6.78. The second kappa shape index (κ2) is 5.64. The first-order valence-electron chi connectivity index (χ1n) is 6.78. The van der Waals surface area contributed by atoms with Crippen molar-refractivity contribution in [3.8, 4) is 0 Å². The molecule has 23 heavy (non-hydrogen) atoms. The van der Waals surface area contributed by atoms with E-state index < -0.39 is 29.1 Å². The average Bonchev–Trinajstić information content (AvgIpc) is 3.00. The minimum Gasteiger partial charge on any atom is -0.322 e. The van der Waals surface area contributed by atoms with Gasteiger partial charge in [0.15, 0.2) is 0 Å². The van der Waals surface area contributed by atoms with E-state index in [4.69, 9.17) is 0 Å². The van der Waals surface area contributed by atoms with Gasteiger partial charge in [-0.2, -0.15) is 5.10 Å². The van der Waals surface area contributed by atoms with E-state index in [0.29, 0.717) is 5.52 Å². The molecule has 1 unspecified atom stereocenters. The average molecular weight is 318 g/mol. The molecule has 2 aromatic heterocycles. The standard InChI is InChI=1S/C15H12F2N4O2/c1-9(14(22)19-12-7-10(16)4-5-11(12)17)21-15(23)13-3-2-6-20(13)8-18-21/h2-9H,1H3,(H,19,22). The molecule has 3 aromatic rings. The van der Waals surface area contributed by atoms with Crippen LogP contribution in [0.5, 0.6) is 0 Å². The predicted octanol–water partition coefficient (Wildman–Crippen LogP) is 1.97. The highest BCUT2D eigenvalue weighted by Crippen LogP contribution is 2.17. The van der Waals surface area contributed by atoms with Crippen molar-refractivity contribution in [1.82, 2.24) is 14.2 Å². The monoisotopic (exact) mass is 318 g/mol.